The molecule has 0 aliphatic heterocycles. The summed E-state index contributed by atoms with van der Waals surface area (Å²) in [5.74, 6) is -0.544. The van der Waals surface area contributed by atoms with Crippen LogP contribution >= 0.6 is 0 Å². The molecule has 0 amide bonds. The van der Waals surface area contributed by atoms with Crippen LogP contribution in [0.5, 0.6) is 0 Å². The molecule has 0 unspecified atom stereocenters. The van der Waals surface area contributed by atoms with Gasteiger partial charge >= 0.3 is 0 Å². The number of aromatic amines is 1. The highest BCUT2D eigenvalue weighted by molar-refractivity contribution is 5.94. The van der Waals surface area contributed by atoms with Crippen LogP contribution in [0.1, 0.15) is 12.0 Å². The number of pyridine rings is 1. The van der Waals surface area contributed by atoms with Crippen LogP contribution in [-0.4, -0.2) is 9.97 Å². The van der Waals surface area contributed by atoms with E-state index in [-0.39, 0.29) is 11.1 Å². The lowest BCUT2D eigenvalue weighted by atomic mass is 10.00. The molecule has 0 saturated heterocycles. The number of aromatic nitrogens is 2. The van der Waals surface area contributed by atoms with Crippen LogP contribution in [0.25, 0.3) is 22.2 Å². The van der Waals surface area contributed by atoms with Crippen molar-refractivity contribution in [1.29, 1.82) is 0 Å². The first-order valence-corrected chi connectivity index (χ1v) is 5.67. The summed E-state index contributed by atoms with van der Waals surface area (Å²) in [6.45, 7) is 0. The quantitative estimate of drug-likeness (QED) is 0.732. The third kappa shape index (κ3) is 1.97. The predicted octanol–water partition coefficient (Wildman–Crippen LogP) is 4.31. The largest absolute Gasteiger partial charge is 0.346 e. The number of H-pyrrole nitrogens is 1. The van der Waals surface area contributed by atoms with Crippen LogP contribution in [0, 0.1) is 5.82 Å². The number of nitrogens with one attached hydrogen (secondary N) is 1. The number of halogens is 3. The summed E-state index contributed by atoms with van der Waals surface area (Å²) in [6, 6.07) is 6.75. The molecular formula is C14H9F3N2. The summed E-state index contributed by atoms with van der Waals surface area (Å²) in [6.07, 6.45) is 0.512. The average molecular weight is 262 g/mol. The number of hydrogen-bond donors (Lipinski definition) is 1. The van der Waals surface area contributed by atoms with Crippen molar-refractivity contribution in [2.24, 2.45) is 0 Å². The van der Waals surface area contributed by atoms with Gasteiger partial charge in [-0.3, -0.25) is 0 Å². The van der Waals surface area contributed by atoms with E-state index in [1.54, 1.807) is 24.5 Å². The molecule has 0 atom stereocenters. The lowest BCUT2D eigenvalue weighted by Gasteiger charge is -2.08. The van der Waals surface area contributed by atoms with Gasteiger partial charge in [0.15, 0.2) is 0 Å². The molecule has 1 N–H and O–H groups in total. The molecule has 0 bridgehead atoms. The van der Waals surface area contributed by atoms with E-state index in [1.165, 1.54) is 0 Å². The maximum absolute atomic E-state index is 13.3. The van der Waals surface area contributed by atoms with Crippen molar-refractivity contribution >= 4 is 11.0 Å². The first-order valence-electron chi connectivity index (χ1n) is 5.67. The first kappa shape index (κ1) is 11.8. The molecule has 0 radical (unpaired) electrons. The van der Waals surface area contributed by atoms with Crippen LogP contribution in [0.2, 0.25) is 0 Å². The summed E-state index contributed by atoms with van der Waals surface area (Å²) < 4.78 is 39.3. The van der Waals surface area contributed by atoms with E-state index < -0.39 is 12.2 Å². The number of nitrogens with zero attached hydrogens (tertiary/aromatic N) is 1. The number of benzene rings is 1. The van der Waals surface area contributed by atoms with Crippen LogP contribution in [0.4, 0.5) is 13.2 Å². The molecule has 0 spiro atoms. The number of fused-ring (bicyclic) bond motifs is 1. The van der Waals surface area contributed by atoms with Crippen molar-refractivity contribution < 1.29 is 13.2 Å². The highest BCUT2D eigenvalue weighted by atomic mass is 19.3. The zero-order valence-corrected chi connectivity index (χ0v) is 9.70. The van der Waals surface area contributed by atoms with Crippen LogP contribution in [-0.2, 0) is 0 Å². The van der Waals surface area contributed by atoms with Gasteiger partial charge in [0.25, 0.3) is 6.43 Å². The SMILES string of the molecule is Fc1ccc(C(F)F)c(-c2c[nH]c3ncccc23)c1. The molecule has 2 heterocycles. The monoisotopic (exact) mass is 262 g/mol. The molecular weight excluding hydrogens is 253 g/mol. The summed E-state index contributed by atoms with van der Waals surface area (Å²) in [4.78, 5) is 6.98. The lowest BCUT2D eigenvalue weighted by molar-refractivity contribution is 0.152. The predicted molar refractivity (Wildman–Crippen MR) is 66.4 cm³/mol. The van der Waals surface area contributed by atoms with Gasteiger partial charge in [-0.05, 0) is 35.9 Å². The highest BCUT2D eigenvalue weighted by Crippen LogP contribution is 2.35. The Balaban J connectivity index is 2.29. The van der Waals surface area contributed by atoms with E-state index >= 15 is 0 Å². The molecule has 96 valence electrons. The Hall–Kier alpha value is -2.30. The van der Waals surface area contributed by atoms with Crippen molar-refractivity contribution in [3.63, 3.8) is 0 Å². The van der Waals surface area contributed by atoms with Crippen molar-refractivity contribution in [1.82, 2.24) is 9.97 Å². The summed E-state index contributed by atoms with van der Waals surface area (Å²) in [7, 11) is 0. The first-order chi connectivity index (χ1) is 9.16. The Kier molecular flexibility index (Phi) is 2.74. The number of hydrogen-bond acceptors (Lipinski definition) is 1. The van der Waals surface area contributed by atoms with Crippen LogP contribution < -0.4 is 0 Å². The fourth-order valence-corrected chi connectivity index (χ4v) is 2.13. The van der Waals surface area contributed by atoms with Crippen molar-refractivity contribution in [3.05, 3.63) is 54.1 Å². The molecule has 0 fully saturated rings. The summed E-state index contributed by atoms with van der Waals surface area (Å²) >= 11 is 0. The minimum absolute atomic E-state index is 0.189. The van der Waals surface area contributed by atoms with Crippen LogP contribution in [0.15, 0.2) is 42.7 Å². The Labute approximate surface area is 106 Å². The van der Waals surface area contributed by atoms with E-state index in [9.17, 15) is 13.2 Å². The molecule has 3 rings (SSSR count). The van der Waals surface area contributed by atoms with Crippen molar-refractivity contribution in [3.8, 4) is 11.1 Å². The molecule has 0 aliphatic carbocycles. The number of alkyl halides is 2. The maximum Gasteiger partial charge on any atom is 0.264 e. The minimum atomic E-state index is -2.66. The smallest absolute Gasteiger partial charge is 0.264 e. The zero-order chi connectivity index (χ0) is 13.4. The average Bonchev–Trinajstić information content (AvgIpc) is 2.82. The summed E-state index contributed by atoms with van der Waals surface area (Å²) in [5.41, 5.74) is 1.11. The van der Waals surface area contributed by atoms with E-state index in [1.807, 2.05) is 0 Å². The van der Waals surface area contributed by atoms with E-state index in [2.05, 4.69) is 9.97 Å². The molecule has 2 aromatic heterocycles. The van der Waals surface area contributed by atoms with Gasteiger partial charge in [-0.15, -0.1) is 0 Å². The Morgan fingerprint density at radius 3 is 2.74 bits per heavy atom. The normalized spacial score (nSPS) is 11.4. The van der Waals surface area contributed by atoms with Gasteiger partial charge in [0.1, 0.15) is 11.5 Å². The number of rotatable bonds is 2. The molecule has 19 heavy (non-hydrogen) atoms. The molecule has 2 nitrogen and oxygen atoms in total. The van der Waals surface area contributed by atoms with Gasteiger partial charge in [0.05, 0.1) is 0 Å². The van der Waals surface area contributed by atoms with Gasteiger partial charge in [0, 0.05) is 28.9 Å². The molecule has 3 aromatic rings. The molecule has 1 aromatic carbocycles. The highest BCUT2D eigenvalue weighted by Gasteiger charge is 2.17. The second-order valence-corrected chi connectivity index (χ2v) is 4.13. The Morgan fingerprint density at radius 1 is 1.11 bits per heavy atom. The Bertz CT molecular complexity index is 734. The van der Waals surface area contributed by atoms with Gasteiger partial charge in [-0.25, -0.2) is 18.2 Å². The fraction of sp³-hybridized carbons (Fsp3) is 0.0714. The van der Waals surface area contributed by atoms with Gasteiger partial charge in [-0.1, -0.05) is 0 Å². The van der Waals surface area contributed by atoms with Crippen molar-refractivity contribution in [2.45, 2.75) is 6.43 Å². The van der Waals surface area contributed by atoms with E-state index in [0.717, 1.165) is 18.2 Å². The molecule has 5 heteroatoms. The van der Waals surface area contributed by atoms with Crippen molar-refractivity contribution in [2.75, 3.05) is 0 Å². The molecule has 0 aliphatic rings. The second-order valence-electron chi connectivity index (χ2n) is 4.13. The standard InChI is InChI=1S/C14H9F3N2/c15-8-3-4-9(13(16)17)11(6-8)12-7-19-14-10(12)2-1-5-18-14/h1-7,13H,(H,18,19). The van der Waals surface area contributed by atoms with E-state index in [4.69, 9.17) is 0 Å². The summed E-state index contributed by atoms with van der Waals surface area (Å²) in [5, 5.41) is 0.690. The molecule has 0 saturated carbocycles. The van der Waals surface area contributed by atoms with Gasteiger partial charge in [-0.2, -0.15) is 0 Å². The van der Waals surface area contributed by atoms with Gasteiger partial charge in [0.2, 0.25) is 0 Å². The van der Waals surface area contributed by atoms with Gasteiger partial charge < -0.3 is 4.98 Å². The zero-order valence-electron chi connectivity index (χ0n) is 9.70. The van der Waals surface area contributed by atoms with Crippen LogP contribution in [0.3, 0.4) is 0 Å². The third-order valence-corrected chi connectivity index (χ3v) is 2.99. The Morgan fingerprint density at radius 2 is 1.95 bits per heavy atom. The minimum Gasteiger partial charge on any atom is -0.346 e. The fourth-order valence-electron chi connectivity index (χ4n) is 2.13. The third-order valence-electron chi connectivity index (χ3n) is 2.99. The second kappa shape index (κ2) is 4.42. The maximum atomic E-state index is 13.3. The lowest BCUT2D eigenvalue weighted by Crippen LogP contribution is -1.91. The topological polar surface area (TPSA) is 28.7 Å². The van der Waals surface area contributed by atoms with E-state index in [0.29, 0.717) is 16.6 Å².